The Balaban J connectivity index is 2.76. The topological polar surface area (TPSA) is 83.4 Å². The van der Waals surface area contributed by atoms with Crippen LogP contribution in [0.3, 0.4) is 0 Å². The van der Waals surface area contributed by atoms with Crippen LogP contribution in [-0.2, 0) is 4.79 Å². The Morgan fingerprint density at radius 1 is 1.38 bits per heavy atom. The molecule has 0 aliphatic carbocycles. The third kappa shape index (κ3) is 5.67. The van der Waals surface area contributed by atoms with Crippen molar-refractivity contribution in [1.82, 2.24) is 10.6 Å². The Morgan fingerprint density at radius 2 is 2.08 bits per heavy atom. The van der Waals surface area contributed by atoms with Gasteiger partial charge in [-0.3, -0.25) is 4.79 Å². The van der Waals surface area contributed by atoms with Crippen molar-refractivity contribution in [2.24, 2.45) is 0 Å². The number of rotatable bonds is 9. The summed E-state index contributed by atoms with van der Waals surface area (Å²) in [5, 5.41) is 14.8. The number of ether oxygens (including phenoxy) is 2. The molecule has 0 aliphatic rings. The van der Waals surface area contributed by atoms with Crippen LogP contribution in [0.2, 0.25) is 0 Å². The molecule has 0 saturated heterocycles. The Bertz CT molecular complexity index is 626. The van der Waals surface area contributed by atoms with Crippen LogP contribution in [0.25, 0.3) is 0 Å². The van der Waals surface area contributed by atoms with Gasteiger partial charge in [-0.1, -0.05) is 6.07 Å². The first kappa shape index (κ1) is 19.7. The molecule has 6 nitrogen and oxygen atoms in total. The number of hydrogen-bond donors (Lipinski definition) is 2. The van der Waals surface area contributed by atoms with E-state index < -0.39 is 5.91 Å². The van der Waals surface area contributed by atoms with E-state index >= 15 is 0 Å². The first-order valence-electron chi connectivity index (χ1n) is 7.49. The number of methoxy groups -OCH3 is 2. The summed E-state index contributed by atoms with van der Waals surface area (Å²) in [5.74, 6) is 1.29. The average molecular weight is 352 g/mol. The molecular weight excluding hydrogens is 330 g/mol. The molecule has 0 bridgehead atoms. The molecule has 1 rings (SSSR count). The molecule has 0 fully saturated rings. The van der Waals surface area contributed by atoms with Crippen molar-refractivity contribution in [3.05, 3.63) is 35.5 Å². The third-order valence-electron chi connectivity index (χ3n) is 3.35. The van der Waals surface area contributed by atoms with Crippen LogP contribution in [0.15, 0.2) is 30.0 Å². The number of halogens is 1. The summed E-state index contributed by atoms with van der Waals surface area (Å²) in [5.41, 5.74) is 0.945. The van der Waals surface area contributed by atoms with Crippen LogP contribution in [0.1, 0.15) is 24.9 Å². The quantitative estimate of drug-likeness (QED) is 0.309. The van der Waals surface area contributed by atoms with Crippen LogP contribution < -0.4 is 20.1 Å². The van der Waals surface area contributed by atoms with E-state index in [0.717, 1.165) is 5.56 Å². The number of nitrogens with one attached hydrogen (secondary N) is 2. The number of carbonyl (C=O) groups is 1. The highest BCUT2D eigenvalue weighted by Gasteiger charge is 2.11. The van der Waals surface area contributed by atoms with Crippen molar-refractivity contribution in [3.8, 4) is 17.6 Å². The highest BCUT2D eigenvalue weighted by molar-refractivity contribution is 6.17. The maximum atomic E-state index is 11.9. The molecule has 2 N–H and O–H groups in total. The molecule has 1 amide bonds. The van der Waals surface area contributed by atoms with Gasteiger partial charge in [-0.15, -0.1) is 11.6 Å². The lowest BCUT2D eigenvalue weighted by atomic mass is 10.1. The summed E-state index contributed by atoms with van der Waals surface area (Å²) in [6, 6.07) is 7.30. The predicted octanol–water partition coefficient (Wildman–Crippen LogP) is 2.51. The van der Waals surface area contributed by atoms with Gasteiger partial charge in [-0.2, -0.15) is 5.26 Å². The highest BCUT2D eigenvalue weighted by Crippen LogP contribution is 2.29. The average Bonchev–Trinajstić information content (AvgIpc) is 2.61. The van der Waals surface area contributed by atoms with Crippen molar-refractivity contribution in [3.63, 3.8) is 0 Å². The Hall–Kier alpha value is -2.39. The smallest absolute Gasteiger partial charge is 0.263 e. The Kier molecular flexibility index (Phi) is 8.52. The van der Waals surface area contributed by atoms with Gasteiger partial charge in [0.05, 0.1) is 14.2 Å². The fourth-order valence-corrected chi connectivity index (χ4v) is 2.07. The summed E-state index contributed by atoms with van der Waals surface area (Å²) in [4.78, 5) is 11.9. The lowest BCUT2D eigenvalue weighted by Gasteiger charge is -2.15. The monoisotopic (exact) mass is 351 g/mol. The second-order valence-electron chi connectivity index (χ2n) is 4.97. The van der Waals surface area contributed by atoms with E-state index in [1.54, 1.807) is 20.3 Å². The number of nitriles is 1. The van der Waals surface area contributed by atoms with Crippen LogP contribution in [0, 0.1) is 11.3 Å². The van der Waals surface area contributed by atoms with Crippen LogP contribution in [0.4, 0.5) is 0 Å². The van der Waals surface area contributed by atoms with Crippen molar-refractivity contribution in [1.29, 1.82) is 5.26 Å². The van der Waals surface area contributed by atoms with Crippen LogP contribution in [0.5, 0.6) is 11.5 Å². The van der Waals surface area contributed by atoms with Crippen LogP contribution in [-0.4, -0.2) is 32.6 Å². The molecule has 1 atom stereocenters. The number of nitrogens with zero attached hydrogens (tertiary/aromatic N) is 1. The first-order chi connectivity index (χ1) is 11.6. The van der Waals surface area contributed by atoms with E-state index in [1.807, 2.05) is 25.1 Å². The minimum Gasteiger partial charge on any atom is -0.493 e. The number of amides is 1. The van der Waals surface area contributed by atoms with E-state index in [-0.39, 0.29) is 11.6 Å². The van der Waals surface area contributed by atoms with Gasteiger partial charge in [0.25, 0.3) is 5.91 Å². The highest BCUT2D eigenvalue weighted by atomic mass is 35.5. The molecule has 0 radical (unpaired) electrons. The number of benzene rings is 1. The minimum atomic E-state index is -0.422. The molecule has 0 saturated carbocycles. The van der Waals surface area contributed by atoms with Crippen molar-refractivity contribution < 1.29 is 14.3 Å². The second-order valence-corrected chi connectivity index (χ2v) is 5.35. The van der Waals surface area contributed by atoms with Gasteiger partial charge >= 0.3 is 0 Å². The molecular formula is C17H22ClN3O3. The van der Waals surface area contributed by atoms with E-state index in [9.17, 15) is 4.79 Å². The molecule has 0 aromatic heterocycles. The van der Waals surface area contributed by atoms with Gasteiger partial charge in [0.2, 0.25) is 0 Å². The fourth-order valence-electron chi connectivity index (χ4n) is 1.94. The predicted molar refractivity (Wildman–Crippen MR) is 93.1 cm³/mol. The molecule has 0 heterocycles. The summed E-state index contributed by atoms with van der Waals surface area (Å²) in [7, 11) is 3.14. The zero-order valence-corrected chi connectivity index (χ0v) is 14.8. The largest absolute Gasteiger partial charge is 0.493 e. The van der Waals surface area contributed by atoms with Gasteiger partial charge in [0, 0.05) is 24.7 Å². The third-order valence-corrected chi connectivity index (χ3v) is 3.61. The Labute approximate surface area is 147 Å². The van der Waals surface area contributed by atoms with E-state index in [4.69, 9.17) is 26.3 Å². The van der Waals surface area contributed by atoms with Gasteiger partial charge in [0.1, 0.15) is 11.6 Å². The molecule has 7 heteroatoms. The first-order valence-corrected chi connectivity index (χ1v) is 8.03. The molecule has 24 heavy (non-hydrogen) atoms. The molecule has 1 aromatic carbocycles. The number of carbonyl (C=O) groups excluding carboxylic acids is 1. The number of alkyl halides is 1. The molecule has 1 unspecified atom stereocenters. The zero-order valence-electron chi connectivity index (χ0n) is 14.1. The molecule has 1 aromatic rings. The van der Waals surface area contributed by atoms with Crippen molar-refractivity contribution >= 4 is 17.5 Å². The van der Waals surface area contributed by atoms with Crippen LogP contribution >= 0.6 is 11.6 Å². The zero-order chi connectivity index (χ0) is 17.9. The van der Waals surface area contributed by atoms with Crippen molar-refractivity contribution in [2.75, 3.05) is 26.6 Å². The Morgan fingerprint density at radius 3 is 2.67 bits per heavy atom. The summed E-state index contributed by atoms with van der Waals surface area (Å²) < 4.78 is 10.5. The number of hydrogen-bond acceptors (Lipinski definition) is 5. The minimum absolute atomic E-state index is 0.0110. The lowest BCUT2D eigenvalue weighted by Crippen LogP contribution is -2.27. The maximum Gasteiger partial charge on any atom is 0.263 e. The molecule has 0 spiro atoms. The standard InChI is InChI=1S/C17H22ClN3O3/c1-12(13-5-6-15(23-2)16(9-13)24-3)21-11-14(10-19)17(22)20-8-4-7-18/h5-6,9,11-12,21H,4,7-8H2,1-3H3,(H,20,22)/b14-11-. The summed E-state index contributed by atoms with van der Waals surface area (Å²) >= 11 is 5.55. The summed E-state index contributed by atoms with van der Waals surface area (Å²) in [6.07, 6.45) is 2.07. The van der Waals surface area contributed by atoms with E-state index in [1.165, 1.54) is 6.20 Å². The molecule has 0 aliphatic heterocycles. The van der Waals surface area contributed by atoms with E-state index in [2.05, 4.69) is 10.6 Å². The normalized spacial score (nSPS) is 12.0. The maximum absolute atomic E-state index is 11.9. The van der Waals surface area contributed by atoms with E-state index in [0.29, 0.717) is 30.3 Å². The van der Waals surface area contributed by atoms with Gasteiger partial charge in [-0.25, -0.2) is 0 Å². The van der Waals surface area contributed by atoms with Gasteiger partial charge in [0.15, 0.2) is 11.5 Å². The van der Waals surface area contributed by atoms with Gasteiger partial charge in [-0.05, 0) is 31.0 Å². The fraction of sp³-hybridized carbons (Fsp3) is 0.412. The lowest BCUT2D eigenvalue weighted by molar-refractivity contribution is -0.117. The van der Waals surface area contributed by atoms with Crippen molar-refractivity contribution in [2.45, 2.75) is 19.4 Å². The SMILES string of the molecule is COc1ccc(C(C)N/C=C(/C#N)C(=O)NCCCCl)cc1OC. The summed E-state index contributed by atoms with van der Waals surface area (Å²) in [6.45, 7) is 2.35. The molecule has 130 valence electrons. The second kappa shape index (κ2) is 10.4. The van der Waals surface area contributed by atoms with Gasteiger partial charge < -0.3 is 20.1 Å².